The van der Waals surface area contributed by atoms with Crippen molar-refractivity contribution in [2.75, 3.05) is 0 Å². The molecule has 1 N–H and O–H groups in total. The molecule has 2 heteroatoms. The van der Waals surface area contributed by atoms with E-state index in [1.54, 1.807) is 0 Å². The molecular weight excluding hydrogens is 184 g/mol. The lowest BCUT2D eigenvalue weighted by Gasteiger charge is -2.08. The Morgan fingerprint density at radius 1 is 1.54 bits per heavy atom. The highest BCUT2D eigenvalue weighted by Crippen LogP contribution is 2.35. The largest absolute Gasteiger partial charge is 0.388 e. The van der Waals surface area contributed by atoms with E-state index in [1.165, 1.54) is 11.1 Å². The molecule has 0 saturated heterocycles. The van der Waals surface area contributed by atoms with Gasteiger partial charge in [0.2, 0.25) is 0 Å². The van der Waals surface area contributed by atoms with Gasteiger partial charge >= 0.3 is 0 Å². The molecule has 1 aromatic carbocycles. The van der Waals surface area contributed by atoms with Gasteiger partial charge in [-0.15, -0.1) is 0 Å². The van der Waals surface area contributed by atoms with Gasteiger partial charge in [0.1, 0.15) is 0 Å². The quantitative estimate of drug-likeness (QED) is 0.733. The fourth-order valence-corrected chi connectivity index (χ4v) is 2.32. The van der Waals surface area contributed by atoms with Crippen LogP contribution in [-0.4, -0.2) is 5.11 Å². The number of fused-ring (bicyclic) bond motifs is 1. The van der Waals surface area contributed by atoms with Gasteiger partial charge in [0, 0.05) is 5.02 Å². The van der Waals surface area contributed by atoms with Crippen LogP contribution >= 0.6 is 11.6 Å². The summed E-state index contributed by atoms with van der Waals surface area (Å²) in [7, 11) is 0. The molecule has 0 bridgehead atoms. The Morgan fingerprint density at radius 2 is 2.31 bits per heavy atom. The topological polar surface area (TPSA) is 20.2 Å². The molecule has 1 aliphatic rings. The van der Waals surface area contributed by atoms with Gasteiger partial charge in [-0.2, -0.15) is 0 Å². The van der Waals surface area contributed by atoms with Crippen molar-refractivity contribution in [2.24, 2.45) is 0 Å². The van der Waals surface area contributed by atoms with Gasteiger partial charge in [0.15, 0.2) is 0 Å². The van der Waals surface area contributed by atoms with Crippen LogP contribution in [0.25, 0.3) is 0 Å². The van der Waals surface area contributed by atoms with Gasteiger partial charge < -0.3 is 5.11 Å². The van der Waals surface area contributed by atoms with Crippen molar-refractivity contribution in [3.63, 3.8) is 0 Å². The molecule has 1 atom stereocenters. The number of aliphatic hydroxyl groups is 1. The zero-order chi connectivity index (χ0) is 9.42. The summed E-state index contributed by atoms with van der Waals surface area (Å²) >= 11 is 5.96. The fraction of sp³-hybridized carbons (Fsp3) is 0.455. The zero-order valence-electron chi connectivity index (χ0n) is 7.68. The van der Waals surface area contributed by atoms with Gasteiger partial charge in [-0.05, 0) is 48.1 Å². The first-order valence-corrected chi connectivity index (χ1v) is 5.09. The lowest BCUT2D eigenvalue weighted by Crippen LogP contribution is -1.94. The number of halogens is 1. The predicted molar refractivity (Wildman–Crippen MR) is 54.1 cm³/mol. The maximum Gasteiger partial charge on any atom is 0.0796 e. The van der Waals surface area contributed by atoms with Crippen molar-refractivity contribution in [3.05, 3.63) is 33.8 Å². The second-order valence-electron chi connectivity index (χ2n) is 3.54. The smallest absolute Gasteiger partial charge is 0.0796 e. The summed E-state index contributed by atoms with van der Waals surface area (Å²) in [5.74, 6) is 0. The molecule has 0 radical (unpaired) electrons. The minimum absolute atomic E-state index is 0.293. The van der Waals surface area contributed by atoms with Gasteiger partial charge in [-0.25, -0.2) is 0 Å². The average Bonchev–Trinajstić information content (AvgIpc) is 2.47. The molecule has 0 fully saturated rings. The number of aliphatic hydroxyl groups excluding tert-OH is 1. The highest BCUT2D eigenvalue weighted by molar-refractivity contribution is 6.30. The molecule has 1 aliphatic carbocycles. The van der Waals surface area contributed by atoms with E-state index in [2.05, 4.69) is 6.92 Å². The molecule has 0 aliphatic heterocycles. The van der Waals surface area contributed by atoms with E-state index in [4.69, 9.17) is 11.6 Å². The Kier molecular flexibility index (Phi) is 2.31. The highest BCUT2D eigenvalue weighted by Gasteiger charge is 2.22. The molecule has 13 heavy (non-hydrogen) atoms. The average molecular weight is 197 g/mol. The van der Waals surface area contributed by atoms with Crippen molar-refractivity contribution < 1.29 is 5.11 Å². The van der Waals surface area contributed by atoms with Crippen LogP contribution in [-0.2, 0) is 12.8 Å². The van der Waals surface area contributed by atoms with E-state index < -0.39 is 0 Å². The van der Waals surface area contributed by atoms with Crippen LogP contribution in [0.3, 0.4) is 0 Å². The number of hydrogen-bond acceptors (Lipinski definition) is 1. The summed E-state index contributed by atoms with van der Waals surface area (Å²) in [4.78, 5) is 0. The molecule has 70 valence electrons. The zero-order valence-corrected chi connectivity index (χ0v) is 8.43. The van der Waals surface area contributed by atoms with Crippen molar-refractivity contribution in [3.8, 4) is 0 Å². The van der Waals surface area contributed by atoms with Crippen LogP contribution in [0.5, 0.6) is 0 Å². The maximum absolute atomic E-state index is 9.67. The molecule has 1 aromatic rings. The third kappa shape index (κ3) is 1.47. The number of aryl methyl sites for hydroxylation is 1. The summed E-state index contributed by atoms with van der Waals surface area (Å²) < 4.78 is 0. The van der Waals surface area contributed by atoms with E-state index in [-0.39, 0.29) is 6.10 Å². The Bertz CT molecular complexity index is 333. The van der Waals surface area contributed by atoms with E-state index in [0.29, 0.717) is 0 Å². The normalized spacial score (nSPS) is 20.4. The van der Waals surface area contributed by atoms with E-state index in [9.17, 15) is 5.11 Å². The van der Waals surface area contributed by atoms with Crippen LogP contribution in [0.2, 0.25) is 5.02 Å². The highest BCUT2D eigenvalue weighted by atomic mass is 35.5. The summed E-state index contributed by atoms with van der Waals surface area (Å²) in [5, 5.41) is 10.4. The van der Waals surface area contributed by atoms with E-state index >= 15 is 0 Å². The van der Waals surface area contributed by atoms with Crippen molar-refractivity contribution in [1.29, 1.82) is 0 Å². The number of hydrogen-bond donors (Lipinski definition) is 1. The first-order chi connectivity index (χ1) is 6.22. The van der Waals surface area contributed by atoms with Gasteiger partial charge in [0.05, 0.1) is 6.10 Å². The fourth-order valence-electron chi connectivity index (χ4n) is 2.07. The van der Waals surface area contributed by atoms with Crippen molar-refractivity contribution in [1.82, 2.24) is 0 Å². The van der Waals surface area contributed by atoms with Gasteiger partial charge in [-0.1, -0.05) is 18.5 Å². The minimum Gasteiger partial charge on any atom is -0.388 e. The lowest BCUT2D eigenvalue weighted by atomic mass is 10.0. The third-order valence-electron chi connectivity index (χ3n) is 2.75. The summed E-state index contributed by atoms with van der Waals surface area (Å²) in [6.45, 7) is 2.12. The van der Waals surface area contributed by atoms with E-state index in [1.807, 2.05) is 12.1 Å². The number of benzene rings is 1. The second-order valence-corrected chi connectivity index (χ2v) is 3.98. The van der Waals surface area contributed by atoms with Crippen LogP contribution in [0, 0.1) is 0 Å². The van der Waals surface area contributed by atoms with Gasteiger partial charge in [-0.3, -0.25) is 0 Å². The maximum atomic E-state index is 9.67. The standard InChI is InChI=1S/C11H13ClO/c1-2-7-5-8(12)6-10-9(7)3-4-11(10)13/h5-6,11,13H,2-4H2,1H3. The molecule has 1 nitrogen and oxygen atoms in total. The predicted octanol–water partition coefficient (Wildman–Crippen LogP) is 2.88. The Morgan fingerprint density at radius 3 is 3.00 bits per heavy atom. The molecule has 0 saturated carbocycles. The second kappa shape index (κ2) is 3.32. The Hall–Kier alpha value is -0.530. The molecule has 2 rings (SSSR count). The van der Waals surface area contributed by atoms with Crippen LogP contribution in [0.15, 0.2) is 12.1 Å². The molecule has 0 heterocycles. The lowest BCUT2D eigenvalue weighted by molar-refractivity contribution is 0.180. The van der Waals surface area contributed by atoms with Crippen LogP contribution in [0.4, 0.5) is 0 Å². The molecular formula is C11H13ClO. The van der Waals surface area contributed by atoms with Crippen LogP contribution < -0.4 is 0 Å². The Balaban J connectivity index is 2.56. The Labute approximate surface area is 83.3 Å². The molecule has 0 amide bonds. The molecule has 1 unspecified atom stereocenters. The minimum atomic E-state index is -0.293. The molecule has 0 aromatic heterocycles. The summed E-state index contributed by atoms with van der Waals surface area (Å²) in [5.41, 5.74) is 3.66. The summed E-state index contributed by atoms with van der Waals surface area (Å²) in [6, 6.07) is 3.91. The summed E-state index contributed by atoms with van der Waals surface area (Å²) in [6.07, 6.45) is 2.55. The van der Waals surface area contributed by atoms with Crippen LogP contribution in [0.1, 0.15) is 36.1 Å². The first-order valence-electron chi connectivity index (χ1n) is 4.71. The number of rotatable bonds is 1. The third-order valence-corrected chi connectivity index (χ3v) is 2.97. The van der Waals surface area contributed by atoms with E-state index in [0.717, 1.165) is 29.8 Å². The van der Waals surface area contributed by atoms with Crippen molar-refractivity contribution >= 4 is 11.6 Å². The first kappa shape index (κ1) is 9.04. The monoisotopic (exact) mass is 196 g/mol. The SMILES string of the molecule is CCc1cc(Cl)cc2c1CCC2O. The van der Waals surface area contributed by atoms with Gasteiger partial charge in [0.25, 0.3) is 0 Å². The van der Waals surface area contributed by atoms with Crippen molar-refractivity contribution in [2.45, 2.75) is 32.3 Å². The molecule has 0 spiro atoms.